The second kappa shape index (κ2) is 10.7. The second-order valence-electron chi connectivity index (χ2n) is 12.1. The number of fused-ring (bicyclic) bond motifs is 5. The van der Waals surface area contributed by atoms with Crippen molar-refractivity contribution in [3.8, 4) is 22.9 Å². The van der Waals surface area contributed by atoms with E-state index >= 15 is 8.78 Å². The fourth-order valence-corrected chi connectivity index (χ4v) is 8.22. The summed E-state index contributed by atoms with van der Waals surface area (Å²) in [7, 11) is -1.67. The van der Waals surface area contributed by atoms with Gasteiger partial charge in [-0.3, -0.25) is 9.53 Å². The Morgan fingerprint density at radius 3 is 2.78 bits per heavy atom. The summed E-state index contributed by atoms with van der Waals surface area (Å²) in [6.07, 6.45) is 1.93. The molecule has 2 aromatic carbocycles. The van der Waals surface area contributed by atoms with Crippen molar-refractivity contribution in [3.05, 3.63) is 34.4 Å². The summed E-state index contributed by atoms with van der Waals surface area (Å²) in [6.45, 7) is 5.82. The van der Waals surface area contributed by atoms with Crippen LogP contribution in [0.3, 0.4) is 0 Å². The molecule has 4 aromatic rings. The highest BCUT2D eigenvalue weighted by Crippen LogP contribution is 2.52. The zero-order valence-corrected chi connectivity index (χ0v) is 26.9. The third-order valence-electron chi connectivity index (χ3n) is 8.08. The van der Waals surface area contributed by atoms with E-state index in [1.807, 2.05) is 6.07 Å². The summed E-state index contributed by atoms with van der Waals surface area (Å²) in [4.78, 5) is 23.6. The summed E-state index contributed by atoms with van der Waals surface area (Å²) in [6, 6.07) is 4.29. The second-order valence-corrected chi connectivity index (χ2v) is 14.7. The lowest BCUT2D eigenvalue weighted by molar-refractivity contribution is 0.0636. The van der Waals surface area contributed by atoms with Crippen molar-refractivity contribution >= 4 is 71.6 Å². The van der Waals surface area contributed by atoms with E-state index in [0.717, 1.165) is 23.8 Å². The fourth-order valence-electron chi connectivity index (χ4n) is 6.38. The van der Waals surface area contributed by atoms with Crippen LogP contribution in [-0.4, -0.2) is 63.5 Å². The lowest BCUT2D eigenvalue weighted by Gasteiger charge is -2.28. The van der Waals surface area contributed by atoms with Gasteiger partial charge in [-0.25, -0.2) is 23.5 Å². The lowest BCUT2D eigenvalue weighted by atomic mass is 9.96. The number of halogens is 3. The standard InChI is InChI=1S/C30H26ClF2N5O5S2/c1-30(2,3)43-29(39)37-27-14(10-34)18-13(5-6-15(32)25(18)44-27)19-21(31)24-20-23(22(19)33)35-28(45(4)40)36-26(20)38-12(11-42-24)9-17-16(38)7-8-41-17/h5-6,12,16-17H,7-9,11H2,1-4H3,(H,37,39)/t12-,16-,17-,45?/m0/s1. The van der Waals surface area contributed by atoms with Crippen molar-refractivity contribution in [2.24, 2.45) is 0 Å². The topological polar surface area (TPSA) is 127 Å². The van der Waals surface area contributed by atoms with Gasteiger partial charge in [0, 0.05) is 23.8 Å². The molecule has 2 aromatic heterocycles. The SMILES string of the molecule is CS(=O)c1nc2c3c(c(Cl)c(-c4ccc(F)c5sc(NC(=O)OC(C)(C)C)c(C#N)c45)c(F)c3n1)OC[C@@H]1C[C@@H]3OCC[C@@H]3N21. The van der Waals surface area contributed by atoms with Gasteiger partial charge in [0.1, 0.15) is 40.4 Å². The number of nitrogens with zero attached hydrogens (tertiary/aromatic N) is 4. The smallest absolute Gasteiger partial charge is 0.412 e. The molecule has 7 rings (SSSR count). The van der Waals surface area contributed by atoms with Crippen LogP contribution in [0.5, 0.6) is 5.75 Å². The molecule has 0 aliphatic carbocycles. The number of hydrogen-bond donors (Lipinski definition) is 1. The largest absolute Gasteiger partial charge is 0.489 e. The number of anilines is 2. The number of nitrogens with one attached hydrogen (secondary N) is 1. The number of hydrogen-bond acceptors (Lipinski definition) is 10. The number of ether oxygens (including phenoxy) is 3. The molecule has 0 radical (unpaired) electrons. The van der Waals surface area contributed by atoms with Crippen LogP contribution in [0.2, 0.25) is 5.02 Å². The maximum atomic E-state index is 17.0. The van der Waals surface area contributed by atoms with Crippen LogP contribution in [0, 0.1) is 23.0 Å². The monoisotopic (exact) mass is 673 g/mol. The molecular weight excluding hydrogens is 648 g/mol. The summed E-state index contributed by atoms with van der Waals surface area (Å²) >= 11 is 7.81. The number of nitriles is 1. The van der Waals surface area contributed by atoms with E-state index in [0.29, 0.717) is 18.8 Å². The Bertz CT molecular complexity index is 2010. The van der Waals surface area contributed by atoms with E-state index in [1.165, 1.54) is 12.3 Å². The highest BCUT2D eigenvalue weighted by atomic mass is 35.5. The molecule has 2 fully saturated rings. The normalized spacial score (nSPS) is 21.2. The highest BCUT2D eigenvalue weighted by molar-refractivity contribution is 7.84. The van der Waals surface area contributed by atoms with E-state index in [4.69, 9.17) is 25.8 Å². The number of carbonyl (C=O) groups is 1. The molecule has 0 saturated carbocycles. The maximum Gasteiger partial charge on any atom is 0.412 e. The fraction of sp³-hybridized carbons (Fsp3) is 0.400. The molecule has 2 saturated heterocycles. The van der Waals surface area contributed by atoms with E-state index < -0.39 is 34.1 Å². The average Bonchev–Trinajstić information content (AvgIpc) is 3.63. The Morgan fingerprint density at radius 1 is 1.29 bits per heavy atom. The average molecular weight is 674 g/mol. The van der Waals surface area contributed by atoms with Gasteiger partial charge in [-0.15, -0.1) is 11.3 Å². The quantitative estimate of drug-likeness (QED) is 0.242. The molecule has 234 valence electrons. The number of aromatic nitrogens is 2. The predicted octanol–water partition coefficient (Wildman–Crippen LogP) is 6.53. The summed E-state index contributed by atoms with van der Waals surface area (Å²) < 4.78 is 62.5. The molecule has 4 atom stereocenters. The van der Waals surface area contributed by atoms with Crippen molar-refractivity contribution in [2.75, 3.05) is 29.7 Å². The molecular formula is C30H26ClF2N5O5S2. The first-order valence-electron chi connectivity index (χ1n) is 14.1. The van der Waals surface area contributed by atoms with Crippen molar-refractivity contribution in [1.82, 2.24) is 9.97 Å². The highest BCUT2D eigenvalue weighted by Gasteiger charge is 2.48. The van der Waals surface area contributed by atoms with Crippen molar-refractivity contribution in [3.63, 3.8) is 0 Å². The maximum absolute atomic E-state index is 17.0. The Hall–Kier alpha value is -3.64. The van der Waals surface area contributed by atoms with Gasteiger partial charge in [0.05, 0.1) is 49.7 Å². The minimum Gasteiger partial charge on any atom is -0.489 e. The van der Waals surface area contributed by atoms with Crippen molar-refractivity contribution < 1.29 is 32.0 Å². The van der Waals surface area contributed by atoms with Crippen molar-refractivity contribution in [1.29, 1.82) is 5.26 Å². The number of rotatable bonds is 3. The molecule has 0 bridgehead atoms. The molecule has 3 aliphatic heterocycles. The van der Waals surface area contributed by atoms with E-state index in [1.54, 1.807) is 20.8 Å². The van der Waals surface area contributed by atoms with Gasteiger partial charge in [-0.1, -0.05) is 17.7 Å². The third-order valence-corrected chi connectivity index (χ3v) is 10.3. The predicted molar refractivity (Wildman–Crippen MR) is 167 cm³/mol. The Morgan fingerprint density at radius 2 is 2.07 bits per heavy atom. The third kappa shape index (κ3) is 4.79. The van der Waals surface area contributed by atoms with Crippen LogP contribution in [0.15, 0.2) is 17.3 Å². The molecule has 1 amide bonds. The summed E-state index contributed by atoms with van der Waals surface area (Å²) in [5.74, 6) is -1.05. The van der Waals surface area contributed by atoms with Gasteiger partial charge >= 0.3 is 6.09 Å². The first kappa shape index (κ1) is 30.0. The molecule has 1 N–H and O–H groups in total. The minimum absolute atomic E-state index is 0.00380. The zero-order valence-electron chi connectivity index (χ0n) is 24.5. The number of amides is 1. The first-order chi connectivity index (χ1) is 21.4. The molecule has 1 unspecified atom stereocenters. The van der Waals surface area contributed by atoms with Gasteiger partial charge in [-0.2, -0.15) is 5.26 Å². The Balaban J connectivity index is 1.49. The number of carbonyl (C=O) groups excluding carboxylic acids is 1. The zero-order chi connectivity index (χ0) is 31.9. The van der Waals surface area contributed by atoms with Crippen LogP contribution in [0.25, 0.3) is 32.1 Å². The van der Waals surface area contributed by atoms with Gasteiger partial charge in [-0.05, 0) is 45.2 Å². The van der Waals surface area contributed by atoms with Gasteiger partial charge in [0.25, 0.3) is 0 Å². The molecule has 3 aliphatic rings. The van der Waals surface area contributed by atoms with Crippen LogP contribution in [0.1, 0.15) is 39.2 Å². The van der Waals surface area contributed by atoms with E-state index in [-0.39, 0.29) is 83.4 Å². The van der Waals surface area contributed by atoms with Gasteiger partial charge in [0.2, 0.25) is 5.16 Å². The summed E-state index contributed by atoms with van der Waals surface area (Å²) in [5.41, 5.74) is -1.17. The van der Waals surface area contributed by atoms with Crippen LogP contribution in [0.4, 0.5) is 24.4 Å². The summed E-state index contributed by atoms with van der Waals surface area (Å²) in [5, 5.41) is 12.9. The van der Waals surface area contributed by atoms with Crippen LogP contribution in [-0.2, 0) is 20.3 Å². The molecule has 15 heteroatoms. The van der Waals surface area contributed by atoms with Crippen LogP contribution >= 0.6 is 22.9 Å². The minimum atomic E-state index is -1.67. The first-order valence-corrected chi connectivity index (χ1v) is 16.9. The molecule has 5 heterocycles. The number of thiophene rings is 1. The van der Waals surface area contributed by atoms with Gasteiger partial charge in [0.15, 0.2) is 11.6 Å². The van der Waals surface area contributed by atoms with Gasteiger partial charge < -0.3 is 19.1 Å². The van der Waals surface area contributed by atoms with E-state index in [9.17, 15) is 14.3 Å². The Labute approximate surface area is 267 Å². The van der Waals surface area contributed by atoms with Crippen LogP contribution < -0.4 is 15.0 Å². The van der Waals surface area contributed by atoms with E-state index in [2.05, 4.69) is 20.2 Å². The molecule has 0 spiro atoms. The Kier molecular flexibility index (Phi) is 7.16. The van der Waals surface area contributed by atoms with Crippen molar-refractivity contribution in [2.45, 2.75) is 62.6 Å². The molecule has 45 heavy (non-hydrogen) atoms. The number of benzene rings is 2. The lowest BCUT2D eigenvalue weighted by Crippen LogP contribution is -2.40. The molecule has 10 nitrogen and oxygen atoms in total.